The van der Waals surface area contributed by atoms with Gasteiger partial charge in [0.1, 0.15) is 0 Å². The zero-order valence-corrected chi connectivity index (χ0v) is 20.9. The van der Waals surface area contributed by atoms with Gasteiger partial charge >= 0.3 is 0 Å². The number of aromatic nitrogens is 3. The van der Waals surface area contributed by atoms with Gasteiger partial charge in [-0.15, -0.1) is 10.2 Å². The van der Waals surface area contributed by atoms with Gasteiger partial charge in [0, 0.05) is 16.4 Å². The number of nitrogens with zero attached hydrogens (tertiary/aromatic N) is 4. The highest BCUT2D eigenvalue weighted by molar-refractivity contribution is 8.00. The van der Waals surface area contributed by atoms with Gasteiger partial charge in [-0.3, -0.25) is 14.3 Å². The highest BCUT2D eigenvalue weighted by Crippen LogP contribution is 2.31. The summed E-state index contributed by atoms with van der Waals surface area (Å²) in [5.41, 5.74) is 2.87. The second-order valence-corrected chi connectivity index (χ2v) is 10.0. The lowest BCUT2D eigenvalue weighted by molar-refractivity contribution is -0.115. The van der Waals surface area contributed by atoms with E-state index in [4.69, 9.17) is 11.6 Å². The van der Waals surface area contributed by atoms with E-state index in [-0.39, 0.29) is 17.2 Å². The molecule has 0 aliphatic rings. The van der Waals surface area contributed by atoms with E-state index in [0.29, 0.717) is 16.1 Å². The number of anilines is 1. The van der Waals surface area contributed by atoms with Crippen LogP contribution in [0.25, 0.3) is 5.69 Å². The number of rotatable bonds is 8. The van der Waals surface area contributed by atoms with Crippen LogP contribution in [0, 0.1) is 0 Å². The lowest BCUT2D eigenvalue weighted by Crippen LogP contribution is -2.24. The van der Waals surface area contributed by atoms with Gasteiger partial charge in [0.05, 0.1) is 11.3 Å². The maximum absolute atomic E-state index is 13.0. The molecule has 2 unspecified atom stereocenters. The normalized spacial score (nSPS) is 13.4. The van der Waals surface area contributed by atoms with Crippen molar-refractivity contribution < 1.29 is 4.79 Å². The second kappa shape index (κ2) is 10.5. The van der Waals surface area contributed by atoms with Crippen LogP contribution in [-0.4, -0.2) is 44.9 Å². The summed E-state index contributed by atoms with van der Waals surface area (Å²) in [4.78, 5) is 15.1. The minimum absolute atomic E-state index is 0.0366. The summed E-state index contributed by atoms with van der Waals surface area (Å²) in [5, 5.41) is 12.9. The van der Waals surface area contributed by atoms with Gasteiger partial charge < -0.3 is 5.32 Å². The Morgan fingerprint density at radius 3 is 2.31 bits per heavy atom. The highest BCUT2D eigenvalue weighted by Gasteiger charge is 2.25. The third kappa shape index (κ3) is 5.52. The van der Waals surface area contributed by atoms with Crippen molar-refractivity contribution in [1.29, 1.82) is 0 Å². The van der Waals surface area contributed by atoms with E-state index >= 15 is 0 Å². The summed E-state index contributed by atoms with van der Waals surface area (Å²) < 4.78 is 2.00. The summed E-state index contributed by atoms with van der Waals surface area (Å²) in [5.74, 6) is 1.05. The van der Waals surface area contributed by atoms with E-state index in [1.54, 1.807) is 0 Å². The lowest BCUT2D eigenvalue weighted by atomic mass is 10.0. The SMILES string of the molecule is CC(Sc1nnc(C(C)N(C)C)n1-c1ccc(Cl)cc1)C(=O)Nc1ccccc1C(C)C. The zero-order valence-electron chi connectivity index (χ0n) is 19.3. The minimum atomic E-state index is -0.368. The first-order chi connectivity index (χ1) is 15.2. The molecule has 0 aliphatic carbocycles. The number of amides is 1. The first-order valence-corrected chi connectivity index (χ1v) is 11.9. The molecule has 6 nitrogen and oxygen atoms in total. The first-order valence-electron chi connectivity index (χ1n) is 10.6. The average Bonchev–Trinajstić information content (AvgIpc) is 3.17. The molecule has 32 heavy (non-hydrogen) atoms. The van der Waals surface area contributed by atoms with Crippen LogP contribution >= 0.6 is 23.4 Å². The predicted molar refractivity (Wildman–Crippen MR) is 133 cm³/mol. The number of para-hydroxylation sites is 1. The number of hydrogen-bond acceptors (Lipinski definition) is 5. The summed E-state index contributed by atoms with van der Waals surface area (Å²) in [6.07, 6.45) is 0. The van der Waals surface area contributed by atoms with Gasteiger partial charge in [0.15, 0.2) is 11.0 Å². The number of hydrogen-bond donors (Lipinski definition) is 1. The molecule has 0 fully saturated rings. The first kappa shape index (κ1) is 24.3. The van der Waals surface area contributed by atoms with Crippen LogP contribution in [0.2, 0.25) is 5.02 Å². The Morgan fingerprint density at radius 2 is 1.69 bits per heavy atom. The molecule has 0 saturated carbocycles. The van der Waals surface area contributed by atoms with E-state index in [0.717, 1.165) is 22.8 Å². The molecule has 170 valence electrons. The Morgan fingerprint density at radius 1 is 1.03 bits per heavy atom. The molecular weight excluding hydrogens is 442 g/mol. The van der Waals surface area contributed by atoms with Crippen LogP contribution in [-0.2, 0) is 4.79 Å². The maximum atomic E-state index is 13.0. The Bertz CT molecular complexity index is 1060. The van der Waals surface area contributed by atoms with Crippen molar-refractivity contribution in [3.05, 3.63) is 64.9 Å². The van der Waals surface area contributed by atoms with Crippen molar-refractivity contribution in [1.82, 2.24) is 19.7 Å². The van der Waals surface area contributed by atoms with Crippen molar-refractivity contribution in [2.75, 3.05) is 19.4 Å². The fourth-order valence-corrected chi connectivity index (χ4v) is 4.25. The summed E-state index contributed by atoms with van der Waals surface area (Å²) in [7, 11) is 4.00. The number of carbonyl (C=O) groups is 1. The summed E-state index contributed by atoms with van der Waals surface area (Å²) in [6, 6.07) is 15.5. The van der Waals surface area contributed by atoms with E-state index in [2.05, 4.69) is 41.2 Å². The Kier molecular flexibility index (Phi) is 7.98. The number of carbonyl (C=O) groups excluding carboxylic acids is 1. The van der Waals surface area contributed by atoms with Gasteiger partial charge in [-0.2, -0.15) is 0 Å². The van der Waals surface area contributed by atoms with Crippen molar-refractivity contribution in [3.8, 4) is 5.69 Å². The molecule has 2 atom stereocenters. The molecule has 8 heteroatoms. The van der Waals surface area contributed by atoms with Crippen LogP contribution in [0.4, 0.5) is 5.69 Å². The van der Waals surface area contributed by atoms with Crippen LogP contribution in [0.15, 0.2) is 53.7 Å². The minimum Gasteiger partial charge on any atom is -0.325 e. The smallest absolute Gasteiger partial charge is 0.237 e. The van der Waals surface area contributed by atoms with E-state index in [9.17, 15) is 4.79 Å². The molecule has 1 amide bonds. The van der Waals surface area contributed by atoms with E-state index in [1.807, 2.05) is 74.1 Å². The fraction of sp³-hybridized carbons (Fsp3) is 0.375. The van der Waals surface area contributed by atoms with Gasteiger partial charge in [0.2, 0.25) is 5.91 Å². The molecule has 3 rings (SSSR count). The summed E-state index contributed by atoms with van der Waals surface area (Å²) in [6.45, 7) is 8.19. The Hall–Kier alpha value is -2.35. The van der Waals surface area contributed by atoms with Gasteiger partial charge in [-0.25, -0.2) is 0 Å². The summed E-state index contributed by atoms with van der Waals surface area (Å²) >= 11 is 7.48. The third-order valence-electron chi connectivity index (χ3n) is 5.38. The molecule has 1 heterocycles. The van der Waals surface area contributed by atoms with Crippen LogP contribution in [0.3, 0.4) is 0 Å². The quantitative estimate of drug-likeness (QED) is 0.421. The van der Waals surface area contributed by atoms with Crippen LogP contribution in [0.5, 0.6) is 0 Å². The molecule has 0 spiro atoms. The van der Waals surface area contributed by atoms with Crippen molar-refractivity contribution in [2.24, 2.45) is 0 Å². The fourth-order valence-electron chi connectivity index (χ4n) is 3.25. The molecule has 0 saturated heterocycles. The van der Waals surface area contributed by atoms with Gasteiger partial charge in [-0.1, -0.05) is 55.4 Å². The Labute approximate surface area is 199 Å². The molecule has 0 radical (unpaired) electrons. The molecular formula is C24H30ClN5OS. The molecule has 1 aromatic heterocycles. The topological polar surface area (TPSA) is 63.1 Å². The van der Waals surface area contributed by atoms with Gasteiger partial charge in [0.25, 0.3) is 0 Å². The van der Waals surface area contributed by atoms with Gasteiger partial charge in [-0.05, 0) is 69.8 Å². The number of benzene rings is 2. The van der Waals surface area contributed by atoms with E-state index in [1.165, 1.54) is 11.8 Å². The number of halogens is 1. The molecule has 3 aromatic rings. The van der Waals surface area contributed by atoms with Crippen LogP contribution in [0.1, 0.15) is 51.0 Å². The largest absolute Gasteiger partial charge is 0.325 e. The monoisotopic (exact) mass is 471 g/mol. The third-order valence-corrected chi connectivity index (χ3v) is 6.68. The molecule has 2 aromatic carbocycles. The van der Waals surface area contributed by atoms with Crippen molar-refractivity contribution in [3.63, 3.8) is 0 Å². The van der Waals surface area contributed by atoms with Crippen molar-refractivity contribution in [2.45, 2.75) is 50.1 Å². The second-order valence-electron chi connectivity index (χ2n) is 8.28. The number of nitrogens with one attached hydrogen (secondary N) is 1. The zero-order chi connectivity index (χ0) is 23.4. The maximum Gasteiger partial charge on any atom is 0.237 e. The Balaban J connectivity index is 1.88. The lowest BCUT2D eigenvalue weighted by Gasteiger charge is -2.21. The molecule has 0 aliphatic heterocycles. The van der Waals surface area contributed by atoms with Crippen molar-refractivity contribution >= 4 is 35.0 Å². The predicted octanol–water partition coefficient (Wildman–Crippen LogP) is 5.79. The van der Waals surface area contributed by atoms with E-state index < -0.39 is 0 Å². The molecule has 0 bridgehead atoms. The standard InChI is InChI=1S/C24H30ClN5OS/c1-15(2)20-9-7-8-10-21(20)26-23(31)17(4)32-24-28-27-22(16(3)29(5)6)30(24)19-13-11-18(25)12-14-19/h7-17H,1-6H3,(H,26,31). The highest BCUT2D eigenvalue weighted by atomic mass is 35.5. The van der Waals surface area contributed by atoms with Crippen LogP contribution < -0.4 is 5.32 Å². The number of thioether (sulfide) groups is 1. The average molecular weight is 472 g/mol. The molecule has 1 N–H and O–H groups in total.